The molecule has 2 aromatic carbocycles. The van der Waals surface area contributed by atoms with Gasteiger partial charge in [0.1, 0.15) is 24.4 Å². The van der Waals surface area contributed by atoms with Crippen molar-refractivity contribution >= 4 is 15.9 Å². The molecule has 1 aromatic heterocycles. The highest BCUT2D eigenvalue weighted by Crippen LogP contribution is 2.30. The van der Waals surface area contributed by atoms with Crippen LogP contribution in [0.15, 0.2) is 59.6 Å². The number of nitrogens with zero attached hydrogens (tertiary/aromatic N) is 3. The van der Waals surface area contributed by atoms with Gasteiger partial charge < -0.3 is 14.8 Å². The van der Waals surface area contributed by atoms with Crippen LogP contribution in [-0.4, -0.2) is 48.6 Å². The Hall–Kier alpha value is -3.44. The summed E-state index contributed by atoms with van der Waals surface area (Å²) in [6.07, 6.45) is 1.35. The molecule has 10 nitrogen and oxygen atoms in total. The van der Waals surface area contributed by atoms with Crippen LogP contribution < -0.4 is 19.9 Å². The van der Waals surface area contributed by atoms with E-state index in [2.05, 4.69) is 15.6 Å². The van der Waals surface area contributed by atoms with Crippen LogP contribution >= 0.6 is 0 Å². The number of hydrogen-bond acceptors (Lipinski definition) is 7. The summed E-state index contributed by atoms with van der Waals surface area (Å²) < 4.78 is 36.0. The fourth-order valence-corrected chi connectivity index (χ4v) is 4.09. The Labute approximate surface area is 191 Å². The number of aromatic nitrogens is 3. The highest BCUT2D eigenvalue weighted by molar-refractivity contribution is 7.89. The zero-order valence-corrected chi connectivity index (χ0v) is 19.0. The van der Waals surface area contributed by atoms with Gasteiger partial charge in [0, 0.05) is 5.56 Å². The van der Waals surface area contributed by atoms with Crippen LogP contribution in [0.1, 0.15) is 19.9 Å². The molecular formula is C22H25N5O5S. The Kier molecular flexibility index (Phi) is 6.34. The number of carbonyl (C=O) groups excluding carboxylic acids is 1. The minimum atomic E-state index is -3.78. The first-order valence-corrected chi connectivity index (χ1v) is 12.0. The average molecular weight is 472 g/mol. The number of nitrogens with two attached hydrogens (primary N) is 1. The lowest BCUT2D eigenvalue weighted by Crippen LogP contribution is -2.44. The molecule has 1 aliphatic heterocycles. The van der Waals surface area contributed by atoms with Gasteiger partial charge in [-0.3, -0.25) is 4.79 Å². The summed E-state index contributed by atoms with van der Waals surface area (Å²) in [5.74, 6) is 1.06. The van der Waals surface area contributed by atoms with Crippen molar-refractivity contribution in [2.45, 2.75) is 30.9 Å². The zero-order valence-electron chi connectivity index (χ0n) is 18.2. The van der Waals surface area contributed by atoms with E-state index in [4.69, 9.17) is 14.6 Å². The van der Waals surface area contributed by atoms with Gasteiger partial charge in [-0.05, 0) is 30.2 Å². The van der Waals surface area contributed by atoms with Crippen LogP contribution in [0.3, 0.4) is 0 Å². The second-order valence-corrected chi connectivity index (χ2v) is 9.65. The van der Waals surface area contributed by atoms with Crippen molar-refractivity contribution in [1.82, 2.24) is 20.3 Å². The highest BCUT2D eigenvalue weighted by Gasteiger charge is 2.28. The minimum absolute atomic E-state index is 0.00890. The molecule has 4 rings (SSSR count). The maximum absolute atomic E-state index is 13.0. The number of nitrogens with one attached hydrogen (secondary N) is 1. The quantitative estimate of drug-likeness (QED) is 0.535. The number of fused-ring (bicyclic) bond motifs is 1. The van der Waals surface area contributed by atoms with Crippen molar-refractivity contribution in [3.63, 3.8) is 0 Å². The van der Waals surface area contributed by atoms with Crippen molar-refractivity contribution in [3.8, 4) is 22.8 Å². The number of benzene rings is 2. The SMILES string of the molecule is CC(C)C(C(=O)NCC1COc2ccccc2O1)n1cc(-c2ccc(S(N)(=O)=O)cc2)nn1. The molecule has 0 spiro atoms. The van der Waals surface area contributed by atoms with Gasteiger partial charge in [-0.2, -0.15) is 0 Å². The van der Waals surface area contributed by atoms with Gasteiger partial charge in [0.05, 0.1) is 17.6 Å². The predicted molar refractivity (Wildman–Crippen MR) is 120 cm³/mol. The first-order chi connectivity index (χ1) is 15.7. The molecule has 0 saturated carbocycles. The second-order valence-electron chi connectivity index (χ2n) is 8.08. The Bertz CT molecular complexity index is 1240. The molecule has 33 heavy (non-hydrogen) atoms. The molecule has 0 fully saturated rings. The Morgan fingerprint density at radius 1 is 1.18 bits per heavy atom. The van der Waals surface area contributed by atoms with Crippen LogP contribution in [0.5, 0.6) is 11.5 Å². The number of carbonyl (C=O) groups is 1. The number of sulfonamides is 1. The number of hydrogen-bond donors (Lipinski definition) is 2. The van der Waals surface area contributed by atoms with E-state index in [1.807, 2.05) is 38.1 Å². The lowest BCUT2D eigenvalue weighted by Gasteiger charge is -2.27. The molecule has 0 bridgehead atoms. The second kappa shape index (κ2) is 9.20. The summed E-state index contributed by atoms with van der Waals surface area (Å²) in [4.78, 5) is 13.0. The summed E-state index contributed by atoms with van der Waals surface area (Å²) in [7, 11) is -3.78. The van der Waals surface area contributed by atoms with E-state index in [1.54, 1.807) is 18.3 Å². The van der Waals surface area contributed by atoms with E-state index in [9.17, 15) is 13.2 Å². The van der Waals surface area contributed by atoms with Gasteiger partial charge >= 0.3 is 0 Å². The van der Waals surface area contributed by atoms with Crippen LogP contribution in [0.25, 0.3) is 11.3 Å². The van der Waals surface area contributed by atoms with Gasteiger partial charge in [-0.1, -0.05) is 43.3 Å². The van der Waals surface area contributed by atoms with Gasteiger partial charge in [0.25, 0.3) is 0 Å². The number of ether oxygens (including phenoxy) is 2. The van der Waals surface area contributed by atoms with Crippen molar-refractivity contribution in [1.29, 1.82) is 0 Å². The molecule has 2 unspecified atom stereocenters. The number of para-hydroxylation sites is 2. The summed E-state index contributed by atoms with van der Waals surface area (Å²) in [6, 6.07) is 12.8. The van der Waals surface area contributed by atoms with Crippen molar-refractivity contribution in [2.24, 2.45) is 11.1 Å². The summed E-state index contributed by atoms with van der Waals surface area (Å²) >= 11 is 0. The summed E-state index contributed by atoms with van der Waals surface area (Å²) in [5, 5.41) is 16.3. The van der Waals surface area contributed by atoms with Gasteiger partial charge in [-0.25, -0.2) is 18.2 Å². The Morgan fingerprint density at radius 2 is 1.88 bits per heavy atom. The van der Waals surface area contributed by atoms with Crippen molar-refractivity contribution in [3.05, 3.63) is 54.7 Å². The molecule has 3 N–H and O–H groups in total. The fourth-order valence-electron chi connectivity index (χ4n) is 3.57. The third kappa shape index (κ3) is 5.15. The smallest absolute Gasteiger partial charge is 0.245 e. The normalized spacial score (nSPS) is 16.4. The first kappa shape index (κ1) is 22.7. The van der Waals surface area contributed by atoms with Crippen LogP contribution in [-0.2, 0) is 14.8 Å². The monoisotopic (exact) mass is 471 g/mol. The maximum atomic E-state index is 13.0. The summed E-state index contributed by atoms with van der Waals surface area (Å²) in [6.45, 7) is 4.46. The third-order valence-electron chi connectivity index (χ3n) is 5.25. The van der Waals surface area contributed by atoms with Crippen molar-refractivity contribution < 1.29 is 22.7 Å². The third-order valence-corrected chi connectivity index (χ3v) is 6.17. The van der Waals surface area contributed by atoms with E-state index in [0.29, 0.717) is 29.4 Å². The molecule has 2 atom stereocenters. The van der Waals surface area contributed by atoms with E-state index >= 15 is 0 Å². The molecule has 0 radical (unpaired) electrons. The van der Waals surface area contributed by atoms with Crippen LogP contribution in [0, 0.1) is 5.92 Å². The topological polar surface area (TPSA) is 138 Å². The largest absolute Gasteiger partial charge is 0.486 e. The van der Waals surface area contributed by atoms with Gasteiger partial charge in [-0.15, -0.1) is 5.10 Å². The predicted octanol–water partition coefficient (Wildman–Crippen LogP) is 1.75. The lowest BCUT2D eigenvalue weighted by molar-refractivity contribution is -0.126. The molecule has 0 aliphatic carbocycles. The van der Waals surface area contributed by atoms with Crippen LogP contribution in [0.4, 0.5) is 0 Å². The molecule has 174 valence electrons. The molecule has 11 heteroatoms. The number of amides is 1. The highest BCUT2D eigenvalue weighted by atomic mass is 32.2. The molecule has 1 amide bonds. The van der Waals surface area contributed by atoms with Gasteiger partial charge in [0.15, 0.2) is 11.5 Å². The number of primary sulfonamides is 1. The van der Waals surface area contributed by atoms with Crippen molar-refractivity contribution in [2.75, 3.05) is 13.2 Å². The molecule has 0 saturated heterocycles. The maximum Gasteiger partial charge on any atom is 0.245 e. The van der Waals surface area contributed by atoms with Crippen LogP contribution in [0.2, 0.25) is 0 Å². The molecule has 2 heterocycles. The zero-order chi connectivity index (χ0) is 23.6. The molecule has 3 aromatic rings. The standard InChI is InChI=1S/C22H25N5O5S/c1-14(2)21(22(28)24-11-16-13-31-19-5-3-4-6-20(19)32-16)27-12-18(25-26-27)15-7-9-17(10-8-15)33(23,29)30/h3-10,12,14,16,21H,11,13H2,1-2H3,(H,24,28)(H2,23,29,30). The molecule has 1 aliphatic rings. The average Bonchev–Trinajstić information content (AvgIpc) is 3.26. The fraction of sp³-hybridized carbons (Fsp3) is 0.318. The van der Waals surface area contributed by atoms with E-state index in [0.717, 1.165) is 0 Å². The van der Waals surface area contributed by atoms with E-state index < -0.39 is 16.1 Å². The Balaban J connectivity index is 1.43. The number of rotatable bonds is 7. The first-order valence-electron chi connectivity index (χ1n) is 10.4. The minimum Gasteiger partial charge on any atom is -0.486 e. The lowest BCUT2D eigenvalue weighted by atomic mass is 10.0. The van der Waals surface area contributed by atoms with E-state index in [1.165, 1.54) is 16.8 Å². The van der Waals surface area contributed by atoms with E-state index in [-0.39, 0.29) is 29.4 Å². The molecular weight excluding hydrogens is 446 g/mol. The van der Waals surface area contributed by atoms with Gasteiger partial charge in [0.2, 0.25) is 15.9 Å². The summed E-state index contributed by atoms with van der Waals surface area (Å²) in [5.41, 5.74) is 1.16. The Morgan fingerprint density at radius 3 is 2.55 bits per heavy atom.